The fourth-order valence-corrected chi connectivity index (χ4v) is 3.61. The summed E-state index contributed by atoms with van der Waals surface area (Å²) in [6, 6.07) is 6.48. The number of carbonyl (C=O) groups is 1. The number of ketones is 1. The molecular weight excluding hydrogens is 334 g/mol. The van der Waals surface area contributed by atoms with E-state index >= 15 is 0 Å². The number of aromatic hydroxyl groups is 1. The average Bonchev–Trinajstić information content (AvgIpc) is 2.69. The predicted octanol–water partition coefficient (Wildman–Crippen LogP) is 6.25. The van der Waals surface area contributed by atoms with E-state index in [2.05, 4.69) is 11.8 Å². The zero-order valence-electron chi connectivity index (χ0n) is 16.8. The van der Waals surface area contributed by atoms with E-state index in [1.807, 2.05) is 24.4 Å². The molecule has 1 N–H and O–H groups in total. The zero-order chi connectivity index (χ0) is 19.3. The van der Waals surface area contributed by atoms with E-state index in [0.717, 1.165) is 13.0 Å². The maximum Gasteiger partial charge on any atom is 0.192 e. The van der Waals surface area contributed by atoms with E-state index in [4.69, 9.17) is 0 Å². The summed E-state index contributed by atoms with van der Waals surface area (Å²) in [6.45, 7) is 3.13. The molecule has 3 nitrogen and oxygen atoms in total. The molecule has 0 radical (unpaired) electrons. The van der Waals surface area contributed by atoms with Gasteiger partial charge in [0.25, 0.3) is 0 Å². The van der Waals surface area contributed by atoms with Crippen molar-refractivity contribution in [2.75, 3.05) is 6.54 Å². The molecule has 1 atom stereocenters. The molecule has 1 aromatic carbocycles. The Hall–Kier alpha value is -2.03. The Morgan fingerprint density at radius 3 is 2.22 bits per heavy atom. The molecule has 0 aromatic heterocycles. The number of carbonyl (C=O) groups excluding carboxylic acids is 1. The molecule has 0 aliphatic carbocycles. The fraction of sp³-hybridized carbons (Fsp3) is 0.542. The number of unbranched alkanes of at least 4 members (excludes halogenated alkanes) is 9. The number of rotatable bonds is 13. The van der Waals surface area contributed by atoms with Gasteiger partial charge in [-0.25, -0.2) is 0 Å². The molecule has 1 aliphatic rings. The Balaban J connectivity index is 1.69. The van der Waals surface area contributed by atoms with Gasteiger partial charge in [-0.3, -0.25) is 4.79 Å². The van der Waals surface area contributed by atoms with Crippen molar-refractivity contribution < 1.29 is 9.90 Å². The summed E-state index contributed by atoms with van der Waals surface area (Å²) in [4.78, 5) is 14.9. The molecule has 148 valence electrons. The van der Waals surface area contributed by atoms with Crippen LogP contribution in [0.5, 0.6) is 5.75 Å². The number of allylic oxidation sites excluding steroid dienone is 2. The van der Waals surface area contributed by atoms with E-state index in [-0.39, 0.29) is 17.6 Å². The van der Waals surface area contributed by atoms with Crippen molar-refractivity contribution in [3.63, 3.8) is 0 Å². The van der Waals surface area contributed by atoms with Crippen LogP contribution in [0.4, 0.5) is 0 Å². The highest BCUT2D eigenvalue weighted by Crippen LogP contribution is 2.22. The van der Waals surface area contributed by atoms with E-state index in [0.29, 0.717) is 5.56 Å². The van der Waals surface area contributed by atoms with Gasteiger partial charge in [-0.1, -0.05) is 89.0 Å². The first-order valence-electron chi connectivity index (χ1n) is 10.7. The number of para-hydroxylation sites is 1. The smallest absolute Gasteiger partial charge is 0.192 e. The Bertz CT molecular complexity index is 621. The number of hydrogen-bond acceptors (Lipinski definition) is 3. The first kappa shape index (κ1) is 21.3. The lowest BCUT2D eigenvalue weighted by Crippen LogP contribution is -2.38. The lowest BCUT2D eigenvalue weighted by molar-refractivity contribution is 0.0902. The first-order chi connectivity index (χ1) is 13.2. The van der Waals surface area contributed by atoms with Gasteiger partial charge < -0.3 is 10.0 Å². The molecule has 0 saturated heterocycles. The van der Waals surface area contributed by atoms with Crippen LogP contribution < -0.4 is 0 Å². The molecule has 0 spiro atoms. The summed E-state index contributed by atoms with van der Waals surface area (Å²) in [5, 5.41) is 9.98. The summed E-state index contributed by atoms with van der Waals surface area (Å²) >= 11 is 0. The summed E-state index contributed by atoms with van der Waals surface area (Å²) in [6.07, 6.45) is 20.9. The number of phenolic OH excluding ortho intramolecular Hbond substituents is 1. The van der Waals surface area contributed by atoms with Crippen LogP contribution in [0.2, 0.25) is 0 Å². The van der Waals surface area contributed by atoms with Gasteiger partial charge in [-0.15, -0.1) is 0 Å². The van der Waals surface area contributed by atoms with E-state index in [1.54, 1.807) is 24.3 Å². The van der Waals surface area contributed by atoms with Gasteiger partial charge in [-0.2, -0.15) is 0 Å². The second-order valence-corrected chi connectivity index (χ2v) is 7.47. The van der Waals surface area contributed by atoms with Gasteiger partial charge in [0.15, 0.2) is 5.78 Å². The highest BCUT2D eigenvalue weighted by molar-refractivity contribution is 6.03. The Morgan fingerprint density at radius 2 is 1.56 bits per heavy atom. The fourth-order valence-electron chi connectivity index (χ4n) is 3.61. The van der Waals surface area contributed by atoms with Crippen molar-refractivity contribution >= 4 is 5.78 Å². The van der Waals surface area contributed by atoms with Gasteiger partial charge in [0.05, 0.1) is 5.56 Å². The molecule has 0 fully saturated rings. The normalized spacial score (nSPS) is 16.0. The second kappa shape index (κ2) is 12.4. The minimum absolute atomic E-state index is 0.0409. The van der Waals surface area contributed by atoms with Crippen LogP contribution in [0.1, 0.15) is 81.5 Å². The molecule has 0 saturated carbocycles. The number of nitrogens with zero attached hydrogens (tertiary/aromatic N) is 1. The van der Waals surface area contributed by atoms with Crippen molar-refractivity contribution in [3.05, 3.63) is 54.3 Å². The van der Waals surface area contributed by atoms with Crippen LogP contribution in [0, 0.1) is 0 Å². The zero-order valence-corrected chi connectivity index (χ0v) is 16.8. The SMILES string of the molecule is CCCCCCCCCCCCN1C=CC=CC1C(=O)c1ccccc1O. The van der Waals surface area contributed by atoms with Crippen LogP contribution in [-0.4, -0.2) is 28.4 Å². The van der Waals surface area contributed by atoms with Crippen LogP contribution in [0.25, 0.3) is 0 Å². The van der Waals surface area contributed by atoms with Crippen LogP contribution in [-0.2, 0) is 0 Å². The van der Waals surface area contributed by atoms with Crippen LogP contribution in [0.15, 0.2) is 48.7 Å². The third-order valence-electron chi connectivity index (χ3n) is 5.25. The van der Waals surface area contributed by atoms with Crippen molar-refractivity contribution in [2.24, 2.45) is 0 Å². The highest BCUT2D eigenvalue weighted by atomic mass is 16.3. The van der Waals surface area contributed by atoms with Crippen molar-refractivity contribution in [1.29, 1.82) is 0 Å². The molecule has 27 heavy (non-hydrogen) atoms. The Morgan fingerprint density at radius 1 is 0.926 bits per heavy atom. The largest absolute Gasteiger partial charge is 0.507 e. The third-order valence-corrected chi connectivity index (χ3v) is 5.25. The molecule has 1 aliphatic heterocycles. The maximum atomic E-state index is 12.8. The Labute approximate surface area is 164 Å². The molecule has 1 aromatic rings. The summed E-state index contributed by atoms with van der Waals surface area (Å²) in [7, 11) is 0. The molecule has 0 bridgehead atoms. The van der Waals surface area contributed by atoms with Crippen molar-refractivity contribution in [2.45, 2.75) is 77.2 Å². The van der Waals surface area contributed by atoms with Gasteiger partial charge in [-0.05, 0) is 24.6 Å². The minimum Gasteiger partial charge on any atom is -0.507 e. The summed E-state index contributed by atoms with van der Waals surface area (Å²) in [5.41, 5.74) is 0.399. The third kappa shape index (κ3) is 7.24. The van der Waals surface area contributed by atoms with Crippen LogP contribution >= 0.6 is 0 Å². The topological polar surface area (TPSA) is 40.5 Å². The Kier molecular flexibility index (Phi) is 9.75. The molecule has 1 heterocycles. The van der Waals surface area contributed by atoms with E-state index < -0.39 is 0 Å². The lowest BCUT2D eigenvalue weighted by atomic mass is 9.99. The van der Waals surface area contributed by atoms with Crippen molar-refractivity contribution in [1.82, 2.24) is 4.90 Å². The monoisotopic (exact) mass is 369 g/mol. The maximum absolute atomic E-state index is 12.8. The number of Topliss-reactive ketones (excluding diaryl/α,β-unsaturated/α-hetero) is 1. The number of hydrogen-bond donors (Lipinski definition) is 1. The van der Waals surface area contributed by atoms with Gasteiger partial charge in [0.2, 0.25) is 0 Å². The average molecular weight is 370 g/mol. The second-order valence-electron chi connectivity index (χ2n) is 7.47. The molecular formula is C24H35NO2. The van der Waals surface area contributed by atoms with Crippen molar-refractivity contribution in [3.8, 4) is 5.75 Å². The number of benzene rings is 1. The minimum atomic E-state index is -0.318. The molecule has 3 heteroatoms. The predicted molar refractivity (Wildman–Crippen MR) is 113 cm³/mol. The standard InChI is InChI=1S/C24H35NO2/c1-2-3-4-5-6-7-8-9-10-14-19-25-20-15-13-17-22(25)24(27)21-16-11-12-18-23(21)26/h11-13,15-18,20,22,26H,2-10,14,19H2,1H3. The first-order valence-corrected chi connectivity index (χ1v) is 10.7. The lowest BCUT2D eigenvalue weighted by Gasteiger charge is -2.29. The van der Waals surface area contributed by atoms with Gasteiger partial charge >= 0.3 is 0 Å². The highest BCUT2D eigenvalue weighted by Gasteiger charge is 2.25. The summed E-state index contributed by atoms with van der Waals surface area (Å²) in [5.74, 6) is 0.0186. The van der Waals surface area contributed by atoms with Gasteiger partial charge in [0.1, 0.15) is 11.8 Å². The van der Waals surface area contributed by atoms with Gasteiger partial charge in [0, 0.05) is 12.7 Å². The quantitative estimate of drug-likeness (QED) is 0.330. The molecule has 0 amide bonds. The number of phenols is 1. The van der Waals surface area contributed by atoms with E-state index in [1.165, 1.54) is 57.8 Å². The van der Waals surface area contributed by atoms with E-state index in [9.17, 15) is 9.90 Å². The summed E-state index contributed by atoms with van der Waals surface area (Å²) < 4.78 is 0. The molecule has 2 rings (SSSR count). The van der Waals surface area contributed by atoms with Crippen LogP contribution in [0.3, 0.4) is 0 Å². The molecule has 1 unspecified atom stereocenters.